The Morgan fingerprint density at radius 2 is 2.00 bits per heavy atom. The lowest BCUT2D eigenvalue weighted by Crippen LogP contribution is -2.40. The number of hydrogen-bond acceptors (Lipinski definition) is 4. The Balaban J connectivity index is 1.80. The second kappa shape index (κ2) is 12.5. The standard InChI is InChI=1S/C22H34N2O3/c1-2-3-4-5-9-14-21(19-11-7-6-8-12-19)23-27-17-16-24-15-10-13-20(18-24)22(25)26/h6-8,11-12,20H,2-5,9-10,13-18H2,1H3,(H,25,26)/t20-/m1/s1. The van der Waals surface area contributed by atoms with E-state index in [1.54, 1.807) is 0 Å². The van der Waals surface area contributed by atoms with Gasteiger partial charge in [-0.25, -0.2) is 0 Å². The number of nitrogens with zero attached hydrogens (tertiary/aromatic N) is 2. The van der Waals surface area contributed by atoms with E-state index in [2.05, 4.69) is 29.1 Å². The van der Waals surface area contributed by atoms with Crippen molar-refractivity contribution in [3.63, 3.8) is 0 Å². The highest BCUT2D eigenvalue weighted by Gasteiger charge is 2.24. The number of unbranched alkanes of at least 4 members (excludes halogenated alkanes) is 4. The Morgan fingerprint density at radius 3 is 2.74 bits per heavy atom. The fourth-order valence-electron chi connectivity index (χ4n) is 3.52. The third-order valence-electron chi connectivity index (χ3n) is 5.15. The molecule has 0 spiro atoms. The van der Waals surface area contributed by atoms with Gasteiger partial charge in [-0.1, -0.05) is 68.1 Å². The molecule has 0 bridgehead atoms. The Morgan fingerprint density at radius 1 is 1.22 bits per heavy atom. The maximum atomic E-state index is 11.2. The number of carboxylic acids is 1. The first-order valence-electron chi connectivity index (χ1n) is 10.4. The maximum Gasteiger partial charge on any atom is 0.307 e. The van der Waals surface area contributed by atoms with Crippen LogP contribution in [0, 0.1) is 5.92 Å². The number of piperidine rings is 1. The molecule has 1 atom stereocenters. The van der Waals surface area contributed by atoms with Gasteiger partial charge in [0, 0.05) is 13.1 Å². The second-order valence-corrected chi connectivity index (χ2v) is 7.38. The minimum Gasteiger partial charge on any atom is -0.481 e. The van der Waals surface area contributed by atoms with Crippen LogP contribution in [0.15, 0.2) is 35.5 Å². The second-order valence-electron chi connectivity index (χ2n) is 7.38. The van der Waals surface area contributed by atoms with Gasteiger partial charge in [-0.3, -0.25) is 9.69 Å². The van der Waals surface area contributed by atoms with Crippen LogP contribution in [-0.2, 0) is 9.63 Å². The fraction of sp³-hybridized carbons (Fsp3) is 0.636. The number of likely N-dealkylation sites (tertiary alicyclic amines) is 1. The van der Waals surface area contributed by atoms with Crippen LogP contribution in [-0.4, -0.2) is 47.9 Å². The molecule has 5 nitrogen and oxygen atoms in total. The van der Waals surface area contributed by atoms with Crippen molar-refractivity contribution in [2.75, 3.05) is 26.2 Å². The quantitative estimate of drug-likeness (QED) is 0.331. The highest BCUT2D eigenvalue weighted by atomic mass is 16.6. The first-order chi connectivity index (χ1) is 13.2. The van der Waals surface area contributed by atoms with Gasteiger partial charge in [-0.05, 0) is 37.8 Å². The number of hydrogen-bond donors (Lipinski definition) is 1. The summed E-state index contributed by atoms with van der Waals surface area (Å²) in [5.74, 6) is -0.932. The topological polar surface area (TPSA) is 62.1 Å². The number of benzene rings is 1. The molecule has 1 saturated heterocycles. The van der Waals surface area contributed by atoms with Gasteiger partial charge < -0.3 is 9.94 Å². The summed E-state index contributed by atoms with van der Waals surface area (Å²) in [6.07, 6.45) is 8.82. The molecule has 1 aliphatic heterocycles. The molecule has 0 aliphatic carbocycles. The lowest BCUT2D eigenvalue weighted by Gasteiger charge is -2.29. The molecular weight excluding hydrogens is 340 g/mol. The minimum atomic E-state index is -0.687. The Labute approximate surface area is 163 Å². The largest absolute Gasteiger partial charge is 0.481 e. The van der Waals surface area contributed by atoms with Crippen molar-refractivity contribution in [1.82, 2.24) is 4.90 Å². The Kier molecular flexibility index (Phi) is 9.91. The van der Waals surface area contributed by atoms with Crippen molar-refractivity contribution in [2.24, 2.45) is 11.1 Å². The molecule has 1 aromatic rings. The van der Waals surface area contributed by atoms with Gasteiger partial charge >= 0.3 is 5.97 Å². The molecule has 0 aromatic heterocycles. The van der Waals surface area contributed by atoms with Crippen molar-refractivity contribution in [3.8, 4) is 0 Å². The third-order valence-corrected chi connectivity index (χ3v) is 5.15. The third kappa shape index (κ3) is 8.12. The molecule has 0 unspecified atom stereocenters. The molecular formula is C22H34N2O3. The van der Waals surface area contributed by atoms with Crippen LogP contribution in [0.25, 0.3) is 0 Å². The van der Waals surface area contributed by atoms with E-state index in [1.165, 1.54) is 25.7 Å². The van der Waals surface area contributed by atoms with Crippen molar-refractivity contribution < 1.29 is 14.7 Å². The van der Waals surface area contributed by atoms with Crippen LogP contribution in [0.2, 0.25) is 0 Å². The average Bonchev–Trinajstić information content (AvgIpc) is 2.70. The number of carbonyl (C=O) groups is 1. The fourth-order valence-corrected chi connectivity index (χ4v) is 3.52. The summed E-state index contributed by atoms with van der Waals surface area (Å²) in [4.78, 5) is 19.0. The Bertz CT molecular complexity index is 574. The zero-order valence-electron chi connectivity index (χ0n) is 16.6. The van der Waals surface area contributed by atoms with E-state index < -0.39 is 5.97 Å². The predicted octanol–water partition coefficient (Wildman–Crippen LogP) is 4.56. The SMILES string of the molecule is CCCCCCCC(=NOCCN1CCC[C@@H](C(=O)O)C1)c1ccccc1. The molecule has 27 heavy (non-hydrogen) atoms. The minimum absolute atomic E-state index is 0.245. The molecule has 0 saturated carbocycles. The number of rotatable bonds is 12. The molecule has 5 heteroatoms. The summed E-state index contributed by atoms with van der Waals surface area (Å²) >= 11 is 0. The molecule has 0 radical (unpaired) electrons. The van der Waals surface area contributed by atoms with E-state index in [0.29, 0.717) is 13.2 Å². The molecule has 150 valence electrons. The monoisotopic (exact) mass is 374 g/mol. The number of aliphatic carboxylic acids is 1. The van der Waals surface area contributed by atoms with Gasteiger partial charge in [0.15, 0.2) is 0 Å². The zero-order chi connectivity index (χ0) is 19.3. The molecule has 1 heterocycles. The first-order valence-corrected chi connectivity index (χ1v) is 10.4. The van der Waals surface area contributed by atoms with Crippen molar-refractivity contribution in [3.05, 3.63) is 35.9 Å². The first kappa shape index (κ1) is 21.4. The van der Waals surface area contributed by atoms with E-state index in [1.807, 2.05) is 18.2 Å². The lowest BCUT2D eigenvalue weighted by molar-refractivity contribution is -0.143. The van der Waals surface area contributed by atoms with E-state index in [9.17, 15) is 9.90 Å². The molecule has 1 N–H and O–H groups in total. The van der Waals surface area contributed by atoms with Gasteiger partial charge in [-0.15, -0.1) is 0 Å². The van der Waals surface area contributed by atoms with E-state index in [4.69, 9.17) is 4.84 Å². The number of oxime groups is 1. The van der Waals surface area contributed by atoms with Crippen molar-refractivity contribution in [2.45, 2.75) is 58.3 Å². The molecule has 1 fully saturated rings. The van der Waals surface area contributed by atoms with Crippen LogP contribution in [0.4, 0.5) is 0 Å². The zero-order valence-corrected chi connectivity index (χ0v) is 16.6. The molecule has 1 aliphatic rings. The molecule has 0 amide bonds. The van der Waals surface area contributed by atoms with Gasteiger partial charge in [0.25, 0.3) is 0 Å². The van der Waals surface area contributed by atoms with Gasteiger partial charge in [-0.2, -0.15) is 0 Å². The summed E-state index contributed by atoms with van der Waals surface area (Å²) in [6, 6.07) is 10.2. The smallest absolute Gasteiger partial charge is 0.307 e. The van der Waals surface area contributed by atoms with Crippen molar-refractivity contribution >= 4 is 11.7 Å². The average molecular weight is 375 g/mol. The Hall–Kier alpha value is -1.88. The van der Waals surface area contributed by atoms with Crippen LogP contribution in [0.5, 0.6) is 0 Å². The van der Waals surface area contributed by atoms with E-state index in [0.717, 1.165) is 50.0 Å². The number of carboxylic acid groups (broad SMARTS) is 1. The van der Waals surface area contributed by atoms with Gasteiger partial charge in [0.2, 0.25) is 0 Å². The van der Waals surface area contributed by atoms with Crippen LogP contribution in [0.3, 0.4) is 0 Å². The summed E-state index contributed by atoms with van der Waals surface area (Å²) in [7, 11) is 0. The van der Waals surface area contributed by atoms with E-state index >= 15 is 0 Å². The summed E-state index contributed by atoms with van der Waals surface area (Å²) in [6.45, 7) is 5.02. The normalized spacial score (nSPS) is 18.4. The highest BCUT2D eigenvalue weighted by Crippen LogP contribution is 2.16. The van der Waals surface area contributed by atoms with Crippen LogP contribution >= 0.6 is 0 Å². The summed E-state index contributed by atoms with van der Waals surface area (Å²) in [5, 5.41) is 13.6. The van der Waals surface area contributed by atoms with Gasteiger partial charge in [0.1, 0.15) is 6.61 Å². The summed E-state index contributed by atoms with van der Waals surface area (Å²) < 4.78 is 0. The highest BCUT2D eigenvalue weighted by molar-refractivity contribution is 6.00. The molecule has 2 rings (SSSR count). The van der Waals surface area contributed by atoms with Gasteiger partial charge in [0.05, 0.1) is 11.6 Å². The maximum absolute atomic E-state index is 11.2. The summed E-state index contributed by atoms with van der Waals surface area (Å²) in [5.41, 5.74) is 2.13. The van der Waals surface area contributed by atoms with E-state index in [-0.39, 0.29) is 5.92 Å². The predicted molar refractivity (Wildman–Crippen MR) is 109 cm³/mol. The lowest BCUT2D eigenvalue weighted by atomic mass is 9.98. The van der Waals surface area contributed by atoms with Crippen LogP contribution in [0.1, 0.15) is 63.9 Å². The van der Waals surface area contributed by atoms with Crippen LogP contribution < -0.4 is 0 Å². The van der Waals surface area contributed by atoms with Crippen molar-refractivity contribution in [1.29, 1.82) is 0 Å². The molecule has 1 aromatic carbocycles.